The smallest absolute Gasteiger partial charge is 0.321 e. The lowest BCUT2D eigenvalue weighted by Gasteiger charge is -2.14. The highest BCUT2D eigenvalue weighted by Crippen LogP contribution is 2.38. The average Bonchev–Trinajstić information content (AvgIpc) is 3.01. The van der Waals surface area contributed by atoms with Crippen molar-refractivity contribution < 1.29 is 45.1 Å². The molecule has 15 heteroatoms. The van der Waals surface area contributed by atoms with Gasteiger partial charge in [0.05, 0.1) is 5.75 Å². The monoisotopic (exact) mass is 681 g/mol. The number of benzene rings is 4. The summed E-state index contributed by atoms with van der Waals surface area (Å²) in [5, 5.41) is 7.14. The second-order valence-corrected chi connectivity index (χ2v) is 10.7. The molecule has 0 saturated heterocycles. The summed E-state index contributed by atoms with van der Waals surface area (Å²) in [4.78, 5) is 38.5. The zero-order valence-corrected chi connectivity index (χ0v) is 24.5. The summed E-state index contributed by atoms with van der Waals surface area (Å²) in [6.45, 7) is 0. The van der Waals surface area contributed by atoms with E-state index in [1.807, 2.05) is 0 Å². The maximum Gasteiger partial charge on any atom is 0.422 e. The minimum atomic E-state index is -5.72. The molecule has 4 aromatic carbocycles. The third-order valence-corrected chi connectivity index (χ3v) is 7.23. The largest absolute Gasteiger partial charge is 0.422 e. The van der Waals surface area contributed by atoms with E-state index in [4.69, 9.17) is 11.6 Å². The Labute approximate surface area is 265 Å². The molecule has 0 aromatic heterocycles. The lowest BCUT2D eigenvalue weighted by molar-refractivity contribution is -0.143. The maximum atomic E-state index is 14.1. The van der Waals surface area contributed by atoms with Gasteiger partial charge < -0.3 is 16.0 Å². The van der Waals surface area contributed by atoms with Crippen molar-refractivity contribution in [2.45, 2.75) is 11.1 Å². The molecule has 4 rings (SSSR count). The van der Waals surface area contributed by atoms with Gasteiger partial charge >= 0.3 is 6.18 Å². The van der Waals surface area contributed by atoms with Gasteiger partial charge in [0.1, 0.15) is 16.9 Å². The second kappa shape index (κ2) is 14.5. The van der Waals surface area contributed by atoms with E-state index in [-0.39, 0.29) is 11.4 Å². The van der Waals surface area contributed by atoms with Crippen LogP contribution in [0.2, 0.25) is 5.02 Å². The summed E-state index contributed by atoms with van der Waals surface area (Å²) in [5.74, 6) is -13.2. The molecule has 0 spiro atoms. The van der Waals surface area contributed by atoms with Crippen LogP contribution in [0.15, 0.2) is 89.5 Å². The van der Waals surface area contributed by atoms with Gasteiger partial charge in [0, 0.05) is 21.2 Å². The fraction of sp³-hybridized carbons (Fsp3) is 0.0645. The number of rotatable bonds is 9. The summed E-state index contributed by atoms with van der Waals surface area (Å²) in [6.07, 6.45) is -4.30. The molecule has 0 radical (unpaired) electrons. The molecule has 46 heavy (non-hydrogen) atoms. The number of hydrogen-bond donors (Lipinski definition) is 3. The van der Waals surface area contributed by atoms with E-state index in [0.29, 0.717) is 21.0 Å². The molecule has 3 N–H and O–H groups in total. The number of carbonyl (C=O) groups excluding carboxylic acids is 3. The summed E-state index contributed by atoms with van der Waals surface area (Å²) in [7, 11) is 0. The molecule has 0 bridgehead atoms. The van der Waals surface area contributed by atoms with Crippen molar-refractivity contribution in [2.24, 2.45) is 0 Å². The minimum absolute atomic E-state index is 0.109. The topological polar surface area (TPSA) is 87.3 Å². The molecule has 0 atom stereocenters. The van der Waals surface area contributed by atoms with Crippen LogP contribution in [0, 0.1) is 23.3 Å². The molecule has 0 aliphatic carbocycles. The van der Waals surface area contributed by atoms with Gasteiger partial charge in [-0.1, -0.05) is 41.9 Å². The average molecular weight is 682 g/mol. The number of halogens is 8. The Hall–Kier alpha value is -4.82. The molecular formula is C31H19ClF7N3O3S. The highest BCUT2D eigenvalue weighted by atomic mass is 35.5. The summed E-state index contributed by atoms with van der Waals surface area (Å²) in [6, 6.07) is 20.5. The van der Waals surface area contributed by atoms with E-state index in [1.54, 1.807) is 59.9 Å². The van der Waals surface area contributed by atoms with Crippen molar-refractivity contribution in [3.05, 3.63) is 130 Å². The van der Waals surface area contributed by atoms with Gasteiger partial charge in [-0.15, -0.1) is 11.8 Å². The van der Waals surface area contributed by atoms with Gasteiger partial charge in [0.2, 0.25) is 5.91 Å². The molecule has 0 fully saturated rings. The van der Waals surface area contributed by atoms with E-state index >= 15 is 0 Å². The van der Waals surface area contributed by atoms with Crippen molar-refractivity contribution in [2.75, 3.05) is 16.4 Å². The summed E-state index contributed by atoms with van der Waals surface area (Å²) >= 11 is 6.84. The number of anilines is 2. The highest BCUT2D eigenvalue weighted by molar-refractivity contribution is 8.00. The fourth-order valence-corrected chi connectivity index (χ4v) is 4.75. The lowest BCUT2D eigenvalue weighted by atomic mass is 10.1. The van der Waals surface area contributed by atoms with Crippen LogP contribution in [0.5, 0.6) is 0 Å². The predicted octanol–water partition coefficient (Wildman–Crippen LogP) is 8.06. The molecule has 0 heterocycles. The highest BCUT2D eigenvalue weighted by Gasteiger charge is 2.42. The van der Waals surface area contributed by atoms with Crippen LogP contribution in [-0.4, -0.2) is 23.5 Å². The molecule has 238 valence electrons. The first kappa shape index (κ1) is 34.1. The van der Waals surface area contributed by atoms with Crippen molar-refractivity contribution in [1.82, 2.24) is 5.32 Å². The fourth-order valence-electron chi connectivity index (χ4n) is 3.85. The number of alkyl halides is 3. The Morgan fingerprint density at radius 1 is 0.783 bits per heavy atom. The minimum Gasteiger partial charge on any atom is -0.321 e. The van der Waals surface area contributed by atoms with Gasteiger partial charge in [-0.2, -0.15) is 13.2 Å². The van der Waals surface area contributed by atoms with E-state index < -0.39 is 64.2 Å². The Kier molecular flexibility index (Phi) is 10.7. The predicted molar refractivity (Wildman–Crippen MR) is 159 cm³/mol. The maximum absolute atomic E-state index is 14.1. The van der Waals surface area contributed by atoms with Crippen LogP contribution < -0.4 is 16.0 Å². The third kappa shape index (κ3) is 8.46. The van der Waals surface area contributed by atoms with Crippen LogP contribution in [0.4, 0.5) is 42.1 Å². The van der Waals surface area contributed by atoms with Crippen LogP contribution in [-0.2, 0) is 15.8 Å². The second-order valence-electron chi connectivity index (χ2n) is 9.25. The molecule has 4 aromatic rings. The van der Waals surface area contributed by atoms with Gasteiger partial charge in [-0.3, -0.25) is 14.4 Å². The number of nitrogens with one attached hydrogen (secondary N) is 3. The Bertz CT molecular complexity index is 1790. The molecular weight excluding hydrogens is 663 g/mol. The summed E-state index contributed by atoms with van der Waals surface area (Å²) < 4.78 is 94.2. The SMILES string of the molecule is O=C(CSc1ccc(NC(=O)/C(=C/c2cccc(Cl)c2)NC(=O)c2ccccc2)cc1)Nc1c(F)c(F)c(C(F)(F)F)c(F)c1F. The molecule has 0 aliphatic heterocycles. The van der Waals surface area contributed by atoms with Crippen molar-refractivity contribution >= 4 is 58.5 Å². The first-order valence-electron chi connectivity index (χ1n) is 12.9. The standard InChI is InChI=1S/C31H19ClF7N3O3S/c32-18-8-4-5-16(13-18)14-21(41-29(44)17-6-2-1-3-7-17)30(45)40-19-9-11-20(12-10-19)46-15-22(43)42-28-26(35)24(33)23(31(37,38)39)25(34)27(28)36/h1-14H,15H2,(H,40,45)(H,41,44)(H,42,43)/b21-14-. The van der Waals surface area contributed by atoms with Crippen LogP contribution in [0.25, 0.3) is 6.08 Å². The quantitative estimate of drug-likeness (QED) is 0.0722. The van der Waals surface area contributed by atoms with Crippen molar-refractivity contribution in [1.29, 1.82) is 0 Å². The third-order valence-electron chi connectivity index (χ3n) is 5.98. The summed E-state index contributed by atoms with van der Waals surface area (Å²) in [5.41, 5.74) is -3.47. The zero-order chi connectivity index (χ0) is 33.6. The molecule has 0 unspecified atom stereocenters. The normalized spacial score (nSPS) is 11.6. The van der Waals surface area contributed by atoms with Crippen LogP contribution in [0.3, 0.4) is 0 Å². The number of amides is 3. The van der Waals surface area contributed by atoms with E-state index in [2.05, 4.69) is 10.6 Å². The molecule has 0 aliphatic rings. The molecule has 6 nitrogen and oxygen atoms in total. The Balaban J connectivity index is 1.42. The van der Waals surface area contributed by atoms with Gasteiger partial charge in [0.25, 0.3) is 11.8 Å². The number of hydrogen-bond acceptors (Lipinski definition) is 4. The zero-order valence-electron chi connectivity index (χ0n) is 22.9. The number of thioether (sulfide) groups is 1. The first-order chi connectivity index (χ1) is 21.7. The Morgan fingerprint density at radius 3 is 2.00 bits per heavy atom. The first-order valence-corrected chi connectivity index (χ1v) is 14.2. The Morgan fingerprint density at radius 2 is 1.41 bits per heavy atom. The van der Waals surface area contributed by atoms with Gasteiger partial charge in [-0.05, 0) is 60.2 Å². The molecule has 0 saturated carbocycles. The number of carbonyl (C=O) groups is 3. The van der Waals surface area contributed by atoms with E-state index in [1.165, 1.54) is 30.3 Å². The van der Waals surface area contributed by atoms with Gasteiger partial charge in [-0.25, -0.2) is 17.6 Å². The van der Waals surface area contributed by atoms with Gasteiger partial charge in [0.15, 0.2) is 23.3 Å². The van der Waals surface area contributed by atoms with Crippen LogP contribution >= 0.6 is 23.4 Å². The van der Waals surface area contributed by atoms with E-state index in [0.717, 1.165) is 11.8 Å². The van der Waals surface area contributed by atoms with E-state index in [9.17, 15) is 45.1 Å². The van der Waals surface area contributed by atoms with Crippen molar-refractivity contribution in [3.63, 3.8) is 0 Å². The molecule has 3 amide bonds. The van der Waals surface area contributed by atoms with Crippen molar-refractivity contribution in [3.8, 4) is 0 Å². The van der Waals surface area contributed by atoms with Crippen LogP contribution in [0.1, 0.15) is 21.5 Å². The lowest BCUT2D eigenvalue weighted by Crippen LogP contribution is -2.30.